The predicted molar refractivity (Wildman–Crippen MR) is 59.2 cm³/mol. The number of carboxylic acid groups (broad SMARTS) is 2. The first-order valence-corrected chi connectivity index (χ1v) is 4.64. The summed E-state index contributed by atoms with van der Waals surface area (Å²) < 4.78 is 0. The van der Waals surface area contributed by atoms with Crippen LogP contribution in [0.5, 0.6) is 0 Å². The van der Waals surface area contributed by atoms with Gasteiger partial charge in [-0.1, -0.05) is 11.8 Å². The fraction of sp³-hybridized carbons (Fsp3) is 0.0909. The Morgan fingerprint density at radius 1 is 1.33 bits per heavy atom. The Hall–Kier alpha value is -2.88. The van der Waals surface area contributed by atoms with E-state index < -0.39 is 23.3 Å². The first-order chi connectivity index (χ1) is 8.41. The van der Waals surface area contributed by atoms with E-state index in [0.717, 1.165) is 12.1 Å². The second-order valence-corrected chi connectivity index (χ2v) is 3.16. The highest BCUT2D eigenvalue weighted by molar-refractivity contribution is 5.91. The highest BCUT2D eigenvalue weighted by Gasteiger charge is 2.14. The molecule has 0 spiro atoms. The van der Waals surface area contributed by atoms with Gasteiger partial charge in [-0.2, -0.15) is 0 Å². The molecule has 0 radical (unpaired) electrons. The molecule has 1 aromatic carbocycles. The van der Waals surface area contributed by atoms with Crippen molar-refractivity contribution in [1.82, 2.24) is 0 Å². The molecule has 0 bridgehead atoms. The quantitative estimate of drug-likeness (QED) is 0.470. The summed E-state index contributed by atoms with van der Waals surface area (Å²) in [5.41, 5.74) is -0.660. The van der Waals surface area contributed by atoms with E-state index >= 15 is 0 Å². The number of aliphatic carboxylic acids is 1. The minimum Gasteiger partial charge on any atom is -0.481 e. The summed E-state index contributed by atoms with van der Waals surface area (Å²) in [7, 11) is 0. The average Bonchev–Trinajstić information content (AvgIpc) is 2.28. The maximum atomic E-state index is 10.9. The lowest BCUT2D eigenvalue weighted by Crippen LogP contribution is -2.02. The number of benzene rings is 1. The zero-order valence-corrected chi connectivity index (χ0v) is 8.91. The first kappa shape index (κ1) is 13.2. The van der Waals surface area contributed by atoms with Crippen LogP contribution in [0.4, 0.5) is 5.69 Å². The molecule has 1 aromatic rings. The maximum absolute atomic E-state index is 10.9. The van der Waals surface area contributed by atoms with Crippen molar-refractivity contribution in [1.29, 1.82) is 0 Å². The molecule has 0 saturated heterocycles. The molecule has 92 valence electrons. The molecule has 0 aliphatic carbocycles. The SMILES string of the molecule is O=C(O)CC#Cc1ccc([N+](=O)[O-])cc1C(=O)O. The molecule has 0 aromatic heterocycles. The van der Waals surface area contributed by atoms with Crippen molar-refractivity contribution in [3.63, 3.8) is 0 Å². The molecule has 1 rings (SSSR count). The summed E-state index contributed by atoms with van der Waals surface area (Å²) in [4.78, 5) is 30.9. The van der Waals surface area contributed by atoms with Crippen molar-refractivity contribution < 1.29 is 24.7 Å². The molecule has 0 atom stereocenters. The van der Waals surface area contributed by atoms with Crippen LogP contribution < -0.4 is 0 Å². The van der Waals surface area contributed by atoms with E-state index in [2.05, 4.69) is 11.8 Å². The lowest BCUT2D eigenvalue weighted by atomic mass is 10.1. The van der Waals surface area contributed by atoms with Crippen molar-refractivity contribution in [2.24, 2.45) is 0 Å². The van der Waals surface area contributed by atoms with E-state index in [0.29, 0.717) is 0 Å². The van der Waals surface area contributed by atoms with Crippen LogP contribution in [0.3, 0.4) is 0 Å². The van der Waals surface area contributed by atoms with Gasteiger partial charge in [-0.3, -0.25) is 14.9 Å². The Bertz CT molecular complexity index is 581. The van der Waals surface area contributed by atoms with Gasteiger partial charge in [-0.05, 0) is 6.07 Å². The third-order valence-electron chi connectivity index (χ3n) is 1.91. The van der Waals surface area contributed by atoms with Gasteiger partial charge >= 0.3 is 11.9 Å². The van der Waals surface area contributed by atoms with Crippen molar-refractivity contribution in [3.8, 4) is 11.8 Å². The topological polar surface area (TPSA) is 118 Å². The molecular weight excluding hydrogens is 242 g/mol. The molecule has 7 nitrogen and oxygen atoms in total. The molecule has 7 heteroatoms. The van der Waals surface area contributed by atoms with Gasteiger partial charge in [0.15, 0.2) is 0 Å². The lowest BCUT2D eigenvalue weighted by Gasteiger charge is -1.98. The zero-order chi connectivity index (χ0) is 13.7. The van der Waals surface area contributed by atoms with Crippen LogP contribution in [-0.4, -0.2) is 27.1 Å². The van der Waals surface area contributed by atoms with E-state index in [9.17, 15) is 19.7 Å². The van der Waals surface area contributed by atoms with Gasteiger partial charge in [0.2, 0.25) is 0 Å². The lowest BCUT2D eigenvalue weighted by molar-refractivity contribution is -0.384. The Morgan fingerprint density at radius 2 is 2.00 bits per heavy atom. The summed E-state index contributed by atoms with van der Waals surface area (Å²) in [6, 6.07) is 3.17. The Morgan fingerprint density at radius 3 is 2.50 bits per heavy atom. The minimum absolute atomic E-state index is 0.0364. The van der Waals surface area contributed by atoms with Gasteiger partial charge in [-0.15, -0.1) is 0 Å². The number of nitro groups is 1. The van der Waals surface area contributed by atoms with Crippen LogP contribution in [0, 0.1) is 22.0 Å². The number of rotatable bonds is 3. The number of carboxylic acids is 2. The molecule has 0 amide bonds. The van der Waals surface area contributed by atoms with Crippen molar-refractivity contribution in [3.05, 3.63) is 39.4 Å². The number of non-ortho nitro benzene ring substituents is 1. The van der Waals surface area contributed by atoms with Gasteiger partial charge in [0.05, 0.1) is 10.5 Å². The van der Waals surface area contributed by atoms with Gasteiger partial charge < -0.3 is 10.2 Å². The molecule has 0 aliphatic heterocycles. The predicted octanol–water partition coefficient (Wildman–Crippen LogP) is 1.12. The number of nitro benzene ring substituents is 1. The van der Waals surface area contributed by atoms with Crippen LogP contribution in [0.25, 0.3) is 0 Å². The highest BCUT2D eigenvalue weighted by Crippen LogP contribution is 2.17. The molecule has 0 fully saturated rings. The maximum Gasteiger partial charge on any atom is 0.337 e. The molecule has 0 saturated carbocycles. The van der Waals surface area contributed by atoms with Crippen molar-refractivity contribution in [2.45, 2.75) is 6.42 Å². The standard InChI is InChI=1S/C11H7NO6/c13-10(14)3-1-2-7-4-5-8(12(17)18)6-9(7)11(15)16/h4-6H,3H2,(H,13,14)(H,15,16). The summed E-state index contributed by atoms with van der Waals surface area (Å²) in [5, 5.41) is 27.7. The Labute approximate surface area is 101 Å². The molecule has 18 heavy (non-hydrogen) atoms. The minimum atomic E-state index is -1.36. The van der Waals surface area contributed by atoms with E-state index in [-0.39, 0.29) is 16.8 Å². The van der Waals surface area contributed by atoms with Crippen molar-refractivity contribution >= 4 is 17.6 Å². The van der Waals surface area contributed by atoms with Gasteiger partial charge in [0.1, 0.15) is 6.42 Å². The van der Waals surface area contributed by atoms with Crippen molar-refractivity contribution in [2.75, 3.05) is 0 Å². The summed E-state index contributed by atoms with van der Waals surface area (Å²) in [5.74, 6) is 2.12. The number of carbonyl (C=O) groups is 2. The van der Waals surface area contributed by atoms with E-state index in [1.54, 1.807) is 0 Å². The molecule has 0 unspecified atom stereocenters. The number of hydrogen-bond acceptors (Lipinski definition) is 4. The van der Waals surface area contributed by atoms with Crippen LogP contribution in [-0.2, 0) is 4.79 Å². The second kappa shape index (κ2) is 5.45. The molecular formula is C11H7NO6. The normalized spacial score (nSPS) is 9.11. The molecule has 2 N–H and O–H groups in total. The highest BCUT2D eigenvalue weighted by atomic mass is 16.6. The largest absolute Gasteiger partial charge is 0.481 e. The van der Waals surface area contributed by atoms with Crippen LogP contribution in [0.2, 0.25) is 0 Å². The molecule has 0 heterocycles. The van der Waals surface area contributed by atoms with E-state index in [1.807, 2.05) is 0 Å². The summed E-state index contributed by atoms with van der Waals surface area (Å²) in [6.45, 7) is 0. The van der Waals surface area contributed by atoms with Crippen LogP contribution in [0.1, 0.15) is 22.3 Å². The Balaban J connectivity index is 3.18. The third kappa shape index (κ3) is 3.31. The smallest absolute Gasteiger partial charge is 0.337 e. The van der Waals surface area contributed by atoms with E-state index in [1.165, 1.54) is 6.07 Å². The van der Waals surface area contributed by atoms with Crippen LogP contribution in [0.15, 0.2) is 18.2 Å². The zero-order valence-electron chi connectivity index (χ0n) is 8.91. The van der Waals surface area contributed by atoms with Gasteiger partial charge in [0, 0.05) is 17.7 Å². The number of nitrogens with zero attached hydrogens (tertiary/aromatic N) is 1. The summed E-state index contributed by atoms with van der Waals surface area (Å²) in [6.07, 6.45) is -0.434. The monoisotopic (exact) mass is 249 g/mol. The first-order valence-electron chi connectivity index (χ1n) is 4.64. The van der Waals surface area contributed by atoms with E-state index in [4.69, 9.17) is 10.2 Å². The Kier molecular flexibility index (Phi) is 3.99. The second-order valence-electron chi connectivity index (χ2n) is 3.16. The molecule has 0 aliphatic rings. The van der Waals surface area contributed by atoms with Gasteiger partial charge in [-0.25, -0.2) is 4.79 Å². The number of aromatic carboxylic acids is 1. The van der Waals surface area contributed by atoms with Crippen LogP contribution >= 0.6 is 0 Å². The number of hydrogen-bond donors (Lipinski definition) is 2. The average molecular weight is 249 g/mol. The fourth-order valence-corrected chi connectivity index (χ4v) is 1.15. The fourth-order valence-electron chi connectivity index (χ4n) is 1.15. The third-order valence-corrected chi connectivity index (χ3v) is 1.91. The summed E-state index contributed by atoms with van der Waals surface area (Å²) >= 11 is 0. The van der Waals surface area contributed by atoms with Gasteiger partial charge in [0.25, 0.3) is 5.69 Å².